The smallest absolute Gasteiger partial charge is 0.217 e. The number of rotatable bonds is 4. The summed E-state index contributed by atoms with van der Waals surface area (Å²) in [5.41, 5.74) is 1.92. The van der Waals surface area contributed by atoms with Crippen molar-refractivity contribution in [3.8, 4) is 6.19 Å². The van der Waals surface area contributed by atoms with Gasteiger partial charge < -0.3 is 9.67 Å². The number of benzene rings is 1. The van der Waals surface area contributed by atoms with E-state index in [0.717, 1.165) is 30.5 Å². The molecule has 1 saturated heterocycles. The Morgan fingerprint density at radius 1 is 1.11 bits per heavy atom. The number of para-hydroxylation sites is 2. The number of hydrogen-bond donors (Lipinski definition) is 2. The van der Waals surface area contributed by atoms with Gasteiger partial charge >= 0.3 is 0 Å². The van der Waals surface area contributed by atoms with Crippen LogP contribution in [0.25, 0.3) is 11.0 Å². The first-order chi connectivity index (χ1) is 13.8. The molecule has 0 amide bonds. The fourth-order valence-corrected chi connectivity index (χ4v) is 5.22. The number of anilines is 1. The van der Waals surface area contributed by atoms with Gasteiger partial charge in [-0.25, -0.2) is 4.98 Å². The molecule has 0 radical (unpaired) electrons. The van der Waals surface area contributed by atoms with Gasteiger partial charge in [-0.15, -0.1) is 0 Å². The summed E-state index contributed by atoms with van der Waals surface area (Å²) >= 11 is 0. The van der Waals surface area contributed by atoms with Crippen LogP contribution < -0.4 is 5.32 Å². The predicted octanol–water partition coefficient (Wildman–Crippen LogP) is 3.90. The summed E-state index contributed by atoms with van der Waals surface area (Å²) in [5.74, 6) is 0.739. The quantitative estimate of drug-likeness (QED) is 0.620. The highest BCUT2D eigenvalue weighted by Crippen LogP contribution is 2.36. The zero-order valence-corrected chi connectivity index (χ0v) is 16.6. The SMILES string of the molecule is N#CNc1nc2ccccc2n1C1CCN(C2CCCCCCC2)CC1CO. The molecule has 2 atom stereocenters. The lowest BCUT2D eigenvalue weighted by Crippen LogP contribution is -2.47. The van der Waals surface area contributed by atoms with E-state index in [1.165, 1.54) is 44.9 Å². The minimum absolute atomic E-state index is 0.149. The number of nitrogens with one attached hydrogen (secondary N) is 1. The molecule has 1 aromatic carbocycles. The van der Waals surface area contributed by atoms with E-state index in [2.05, 4.69) is 25.8 Å². The number of nitrogens with zero attached hydrogens (tertiary/aromatic N) is 4. The number of hydrogen-bond acceptors (Lipinski definition) is 5. The Labute approximate surface area is 167 Å². The summed E-state index contributed by atoms with van der Waals surface area (Å²) in [6.07, 6.45) is 12.3. The zero-order chi connectivity index (χ0) is 19.3. The van der Waals surface area contributed by atoms with Crippen LogP contribution in [0, 0.1) is 17.4 Å². The maximum Gasteiger partial charge on any atom is 0.217 e. The van der Waals surface area contributed by atoms with E-state index in [0.29, 0.717) is 12.0 Å². The molecule has 150 valence electrons. The summed E-state index contributed by atoms with van der Waals surface area (Å²) in [6, 6.07) is 8.82. The van der Waals surface area contributed by atoms with Gasteiger partial charge in [0.05, 0.1) is 11.0 Å². The van der Waals surface area contributed by atoms with E-state index in [-0.39, 0.29) is 18.6 Å². The lowest BCUT2D eigenvalue weighted by Gasteiger charge is -2.43. The molecule has 2 N–H and O–H groups in total. The van der Waals surface area contributed by atoms with E-state index in [1.807, 2.05) is 24.4 Å². The Hall–Kier alpha value is -2.10. The van der Waals surface area contributed by atoms with Crippen molar-refractivity contribution in [1.82, 2.24) is 14.5 Å². The fraction of sp³-hybridized carbons (Fsp3) is 0.636. The Morgan fingerprint density at radius 3 is 2.61 bits per heavy atom. The molecule has 2 aliphatic rings. The number of aromatic nitrogens is 2. The van der Waals surface area contributed by atoms with Crippen LogP contribution in [0.5, 0.6) is 0 Å². The molecule has 1 saturated carbocycles. The van der Waals surface area contributed by atoms with E-state index in [1.54, 1.807) is 0 Å². The molecular formula is C22H31N5O. The maximum atomic E-state index is 10.2. The van der Waals surface area contributed by atoms with Gasteiger partial charge in [0.25, 0.3) is 0 Å². The van der Waals surface area contributed by atoms with Gasteiger partial charge in [-0.3, -0.25) is 10.2 Å². The minimum Gasteiger partial charge on any atom is -0.396 e. The standard InChI is InChI=1S/C22H31N5O/c23-16-24-22-25-19-10-6-7-11-21(19)27(22)20-12-13-26(14-17(20)15-28)18-8-4-2-1-3-5-9-18/h6-7,10-11,17-18,20,28H,1-5,8-9,12-15H2,(H,24,25). The zero-order valence-electron chi connectivity index (χ0n) is 16.6. The molecular weight excluding hydrogens is 350 g/mol. The van der Waals surface area contributed by atoms with Gasteiger partial charge in [-0.2, -0.15) is 5.26 Å². The Bertz CT molecular complexity index is 818. The third kappa shape index (κ3) is 3.87. The Balaban J connectivity index is 1.57. The number of aliphatic hydroxyl groups excluding tert-OH is 1. The molecule has 0 bridgehead atoms. The first kappa shape index (κ1) is 19.2. The second-order valence-electron chi connectivity index (χ2n) is 8.32. The van der Waals surface area contributed by atoms with Gasteiger partial charge in [0.1, 0.15) is 0 Å². The van der Waals surface area contributed by atoms with Crippen LogP contribution in [0.15, 0.2) is 24.3 Å². The number of likely N-dealkylation sites (tertiary alicyclic amines) is 1. The van der Waals surface area contributed by atoms with Crippen LogP contribution in [-0.2, 0) is 0 Å². The summed E-state index contributed by atoms with van der Waals surface area (Å²) in [5, 5.41) is 22.2. The maximum absolute atomic E-state index is 10.2. The molecule has 28 heavy (non-hydrogen) atoms. The lowest BCUT2D eigenvalue weighted by molar-refractivity contribution is 0.0453. The lowest BCUT2D eigenvalue weighted by atomic mass is 9.88. The van der Waals surface area contributed by atoms with E-state index in [4.69, 9.17) is 0 Å². The molecule has 4 rings (SSSR count). The Kier molecular flexibility index (Phi) is 6.13. The second kappa shape index (κ2) is 8.93. The molecule has 2 unspecified atom stereocenters. The third-order valence-corrected chi connectivity index (χ3v) is 6.65. The third-order valence-electron chi connectivity index (χ3n) is 6.65. The van der Waals surface area contributed by atoms with Crippen molar-refractivity contribution in [2.75, 3.05) is 25.0 Å². The highest BCUT2D eigenvalue weighted by molar-refractivity contribution is 5.79. The topological polar surface area (TPSA) is 77.1 Å². The molecule has 2 heterocycles. The monoisotopic (exact) mass is 381 g/mol. The normalized spacial score (nSPS) is 25.1. The van der Waals surface area contributed by atoms with Crippen molar-refractivity contribution in [1.29, 1.82) is 5.26 Å². The summed E-state index contributed by atoms with van der Waals surface area (Å²) in [7, 11) is 0. The Morgan fingerprint density at radius 2 is 1.86 bits per heavy atom. The van der Waals surface area contributed by atoms with Crippen LogP contribution in [0.2, 0.25) is 0 Å². The number of fused-ring (bicyclic) bond motifs is 1. The molecule has 6 nitrogen and oxygen atoms in total. The van der Waals surface area contributed by atoms with Crippen molar-refractivity contribution in [2.45, 2.75) is 63.5 Å². The summed E-state index contributed by atoms with van der Waals surface area (Å²) in [4.78, 5) is 7.24. The van der Waals surface area contributed by atoms with Gasteiger partial charge in [0, 0.05) is 37.7 Å². The number of nitriles is 1. The van der Waals surface area contributed by atoms with Crippen molar-refractivity contribution in [3.63, 3.8) is 0 Å². The van der Waals surface area contributed by atoms with E-state index < -0.39 is 0 Å². The van der Waals surface area contributed by atoms with Gasteiger partial charge in [0.15, 0.2) is 6.19 Å². The number of aliphatic hydroxyl groups is 1. The predicted molar refractivity (Wildman–Crippen MR) is 111 cm³/mol. The summed E-state index contributed by atoms with van der Waals surface area (Å²) in [6.45, 7) is 2.13. The van der Waals surface area contributed by atoms with Crippen molar-refractivity contribution in [2.24, 2.45) is 5.92 Å². The van der Waals surface area contributed by atoms with Gasteiger partial charge in [0.2, 0.25) is 5.95 Å². The van der Waals surface area contributed by atoms with Crippen LogP contribution in [0.3, 0.4) is 0 Å². The molecule has 6 heteroatoms. The van der Waals surface area contributed by atoms with Gasteiger partial charge in [-0.05, 0) is 31.4 Å². The van der Waals surface area contributed by atoms with Gasteiger partial charge in [-0.1, -0.05) is 44.2 Å². The van der Waals surface area contributed by atoms with Crippen LogP contribution in [0.1, 0.15) is 57.4 Å². The van der Waals surface area contributed by atoms with Crippen molar-refractivity contribution >= 4 is 17.0 Å². The first-order valence-electron chi connectivity index (χ1n) is 10.8. The second-order valence-corrected chi connectivity index (χ2v) is 8.32. The van der Waals surface area contributed by atoms with E-state index in [9.17, 15) is 10.4 Å². The summed E-state index contributed by atoms with van der Waals surface area (Å²) < 4.78 is 2.15. The first-order valence-corrected chi connectivity index (χ1v) is 10.8. The number of imidazole rings is 1. The highest BCUT2D eigenvalue weighted by Gasteiger charge is 2.35. The van der Waals surface area contributed by atoms with Crippen LogP contribution in [0.4, 0.5) is 5.95 Å². The highest BCUT2D eigenvalue weighted by atomic mass is 16.3. The molecule has 1 aliphatic heterocycles. The van der Waals surface area contributed by atoms with Crippen molar-refractivity contribution < 1.29 is 5.11 Å². The average molecular weight is 382 g/mol. The van der Waals surface area contributed by atoms with Crippen molar-refractivity contribution in [3.05, 3.63) is 24.3 Å². The average Bonchev–Trinajstić information content (AvgIpc) is 3.05. The van der Waals surface area contributed by atoms with E-state index >= 15 is 0 Å². The number of piperidine rings is 1. The largest absolute Gasteiger partial charge is 0.396 e. The molecule has 2 fully saturated rings. The molecule has 1 aromatic heterocycles. The minimum atomic E-state index is 0.149. The molecule has 1 aliphatic carbocycles. The molecule has 0 spiro atoms. The van der Waals surface area contributed by atoms with Crippen LogP contribution in [-0.4, -0.2) is 45.3 Å². The molecule has 2 aromatic rings. The fourth-order valence-electron chi connectivity index (χ4n) is 5.22. The van der Waals surface area contributed by atoms with Crippen LogP contribution >= 0.6 is 0 Å².